The number of thiophene rings is 2. The molecule has 0 aliphatic carbocycles. The van der Waals surface area contributed by atoms with Crippen LogP contribution in [0.2, 0.25) is 0 Å². The summed E-state index contributed by atoms with van der Waals surface area (Å²) in [6.45, 7) is 4.58. The second kappa shape index (κ2) is 7.58. The van der Waals surface area contributed by atoms with Crippen molar-refractivity contribution in [3.63, 3.8) is 0 Å². The molecule has 4 heterocycles. The second-order valence-corrected chi connectivity index (χ2v) is 9.45. The molecule has 0 spiro atoms. The molecule has 5 rings (SSSR count). The van der Waals surface area contributed by atoms with Gasteiger partial charge in [-0.2, -0.15) is 0 Å². The fraction of sp³-hybridized carbons (Fsp3) is 0.273. The number of aromatic nitrogens is 2. The molecule has 1 aliphatic heterocycles. The van der Waals surface area contributed by atoms with E-state index in [4.69, 9.17) is 4.74 Å². The third-order valence-corrected chi connectivity index (χ3v) is 7.65. The summed E-state index contributed by atoms with van der Waals surface area (Å²) >= 11 is 2.61. The first-order valence-electron chi connectivity index (χ1n) is 10.0. The molecule has 0 saturated carbocycles. The largest absolute Gasteiger partial charge is 0.462 e. The number of anilines is 1. The van der Waals surface area contributed by atoms with E-state index in [1.54, 1.807) is 30.5 Å². The molecule has 1 aliphatic rings. The Labute approximate surface area is 185 Å². The molecule has 1 aromatic carbocycles. The first-order chi connectivity index (χ1) is 15.0. The lowest BCUT2D eigenvalue weighted by atomic mass is 10.2. The van der Waals surface area contributed by atoms with Crippen LogP contribution in [-0.4, -0.2) is 28.0 Å². The highest BCUT2D eigenvalue weighted by atomic mass is 32.1. The molecule has 4 aromatic rings. The van der Waals surface area contributed by atoms with Crippen molar-refractivity contribution in [3.05, 3.63) is 55.8 Å². The van der Waals surface area contributed by atoms with Gasteiger partial charge in [0.05, 0.1) is 16.9 Å². The van der Waals surface area contributed by atoms with E-state index in [0.29, 0.717) is 44.4 Å². The minimum absolute atomic E-state index is 0.0588. The van der Waals surface area contributed by atoms with Gasteiger partial charge in [0.1, 0.15) is 15.5 Å². The molecule has 0 unspecified atom stereocenters. The summed E-state index contributed by atoms with van der Waals surface area (Å²) in [5.41, 5.74) is 1.23. The molecule has 0 bridgehead atoms. The number of fused-ring (bicyclic) bond motifs is 3. The highest BCUT2D eigenvalue weighted by Crippen LogP contribution is 2.31. The van der Waals surface area contributed by atoms with Crippen LogP contribution >= 0.6 is 22.7 Å². The lowest BCUT2D eigenvalue weighted by Gasteiger charge is -2.05. The molecule has 3 aromatic heterocycles. The van der Waals surface area contributed by atoms with E-state index in [2.05, 4.69) is 10.3 Å². The molecule has 0 saturated heterocycles. The van der Waals surface area contributed by atoms with Crippen LogP contribution in [0.25, 0.3) is 20.3 Å². The third-order valence-electron chi connectivity index (χ3n) is 5.37. The fourth-order valence-electron chi connectivity index (χ4n) is 3.90. The van der Waals surface area contributed by atoms with Gasteiger partial charge < -0.3 is 10.1 Å². The average molecular weight is 454 g/mol. The number of ether oxygens (including phenoxy) is 1. The van der Waals surface area contributed by atoms with Crippen LogP contribution in [0.5, 0.6) is 0 Å². The van der Waals surface area contributed by atoms with Crippen molar-refractivity contribution >= 4 is 60.5 Å². The van der Waals surface area contributed by atoms with E-state index in [0.717, 1.165) is 28.8 Å². The van der Waals surface area contributed by atoms with Gasteiger partial charge in [0.15, 0.2) is 0 Å². The first kappa shape index (κ1) is 19.9. The van der Waals surface area contributed by atoms with E-state index in [1.165, 1.54) is 22.7 Å². The van der Waals surface area contributed by atoms with Crippen LogP contribution < -0.4 is 10.9 Å². The van der Waals surface area contributed by atoms with E-state index in [9.17, 15) is 14.4 Å². The van der Waals surface area contributed by atoms with Gasteiger partial charge in [-0.15, -0.1) is 22.7 Å². The number of rotatable bonds is 4. The number of aryl methyl sites for hydroxylation is 2. The first-order valence-corrected chi connectivity index (χ1v) is 11.6. The summed E-state index contributed by atoms with van der Waals surface area (Å²) in [4.78, 5) is 44.1. The summed E-state index contributed by atoms with van der Waals surface area (Å²) in [7, 11) is 0. The van der Waals surface area contributed by atoms with Gasteiger partial charge in [0.2, 0.25) is 0 Å². The Morgan fingerprint density at radius 2 is 2.10 bits per heavy atom. The molecule has 158 valence electrons. The third kappa shape index (κ3) is 3.34. The van der Waals surface area contributed by atoms with Gasteiger partial charge in [-0.1, -0.05) is 0 Å². The van der Waals surface area contributed by atoms with Crippen molar-refractivity contribution in [3.8, 4) is 0 Å². The Morgan fingerprint density at radius 1 is 1.26 bits per heavy atom. The topological polar surface area (TPSA) is 90.3 Å². The van der Waals surface area contributed by atoms with Gasteiger partial charge in [-0.05, 0) is 55.5 Å². The van der Waals surface area contributed by atoms with Crippen LogP contribution in [0.1, 0.15) is 44.1 Å². The summed E-state index contributed by atoms with van der Waals surface area (Å²) in [6, 6.07) is 7.27. The Hall–Kier alpha value is -3.04. The summed E-state index contributed by atoms with van der Waals surface area (Å²) in [5, 5.41) is 4.31. The smallest absolute Gasteiger partial charge is 0.348 e. The maximum Gasteiger partial charge on any atom is 0.348 e. The van der Waals surface area contributed by atoms with Gasteiger partial charge in [-0.25, -0.2) is 9.78 Å². The fourth-order valence-corrected chi connectivity index (χ4v) is 5.93. The highest BCUT2D eigenvalue weighted by Gasteiger charge is 2.23. The van der Waals surface area contributed by atoms with Crippen LogP contribution in [0.3, 0.4) is 0 Å². The van der Waals surface area contributed by atoms with Crippen LogP contribution in [0.15, 0.2) is 29.1 Å². The number of hydrogen-bond donors (Lipinski definition) is 1. The molecule has 0 fully saturated rings. The SMILES string of the molecule is CCOC(=O)c1cc2cc(NC(=O)c3sc4nc5n(c(=O)c4c3C)CCC5)ccc2s1. The standard InChI is InChI=1S/C22H19N3O4S2/c1-3-29-22(28)15-10-12-9-13(6-7-14(12)30-15)23-19(26)18-11(2)17-20(31-18)24-16-5-4-8-25(16)21(17)27/h6-7,9-10H,3-5,8H2,1-2H3,(H,23,26). The number of benzene rings is 1. The maximum absolute atomic E-state index is 13.0. The van der Waals surface area contributed by atoms with Crippen LogP contribution in [-0.2, 0) is 17.7 Å². The number of carbonyl (C=O) groups is 2. The Morgan fingerprint density at radius 3 is 2.90 bits per heavy atom. The zero-order chi connectivity index (χ0) is 21.7. The van der Waals surface area contributed by atoms with E-state index >= 15 is 0 Å². The molecule has 7 nitrogen and oxygen atoms in total. The number of amides is 1. The van der Waals surface area contributed by atoms with Crippen molar-refractivity contribution in [1.29, 1.82) is 0 Å². The predicted molar refractivity (Wildman–Crippen MR) is 123 cm³/mol. The summed E-state index contributed by atoms with van der Waals surface area (Å²) in [5.74, 6) is 0.178. The van der Waals surface area contributed by atoms with Crippen molar-refractivity contribution in [2.24, 2.45) is 0 Å². The lowest BCUT2D eigenvalue weighted by Crippen LogP contribution is -2.20. The van der Waals surface area contributed by atoms with E-state index in [1.807, 2.05) is 12.1 Å². The minimum Gasteiger partial charge on any atom is -0.462 e. The normalized spacial score (nSPS) is 13.0. The predicted octanol–water partition coefficient (Wildman–Crippen LogP) is 4.36. The van der Waals surface area contributed by atoms with E-state index < -0.39 is 0 Å². The minimum atomic E-state index is -0.346. The monoisotopic (exact) mass is 453 g/mol. The van der Waals surface area contributed by atoms with Gasteiger partial charge in [0.25, 0.3) is 11.5 Å². The highest BCUT2D eigenvalue weighted by molar-refractivity contribution is 7.21. The van der Waals surface area contributed by atoms with Gasteiger partial charge >= 0.3 is 5.97 Å². The molecule has 1 amide bonds. The number of esters is 1. The molecule has 31 heavy (non-hydrogen) atoms. The lowest BCUT2D eigenvalue weighted by molar-refractivity contribution is 0.0532. The molecule has 0 radical (unpaired) electrons. The summed E-state index contributed by atoms with van der Waals surface area (Å²) in [6.07, 6.45) is 1.72. The maximum atomic E-state index is 13.0. The van der Waals surface area contributed by atoms with Crippen LogP contribution in [0.4, 0.5) is 5.69 Å². The van der Waals surface area contributed by atoms with Gasteiger partial charge in [-0.3, -0.25) is 14.2 Å². The molecular weight excluding hydrogens is 434 g/mol. The Balaban J connectivity index is 1.46. The van der Waals surface area contributed by atoms with Crippen molar-refractivity contribution in [1.82, 2.24) is 9.55 Å². The number of carbonyl (C=O) groups excluding carboxylic acids is 2. The van der Waals surface area contributed by atoms with Crippen molar-refractivity contribution in [2.75, 3.05) is 11.9 Å². The number of hydrogen-bond acceptors (Lipinski definition) is 7. The second-order valence-electron chi connectivity index (χ2n) is 7.36. The van der Waals surface area contributed by atoms with Crippen LogP contribution in [0, 0.1) is 6.92 Å². The zero-order valence-corrected chi connectivity index (χ0v) is 18.6. The van der Waals surface area contributed by atoms with Gasteiger partial charge in [0, 0.05) is 23.4 Å². The quantitative estimate of drug-likeness (QED) is 0.464. The van der Waals surface area contributed by atoms with Crippen molar-refractivity contribution < 1.29 is 14.3 Å². The molecule has 1 N–H and O–H groups in total. The summed E-state index contributed by atoms with van der Waals surface area (Å²) < 4.78 is 7.71. The molecule has 0 atom stereocenters. The Kier molecular flexibility index (Phi) is 4.86. The number of nitrogens with one attached hydrogen (secondary N) is 1. The number of nitrogens with zero attached hydrogens (tertiary/aromatic N) is 2. The van der Waals surface area contributed by atoms with E-state index in [-0.39, 0.29) is 17.4 Å². The average Bonchev–Trinajstić information content (AvgIpc) is 3.45. The van der Waals surface area contributed by atoms with Crippen molar-refractivity contribution in [2.45, 2.75) is 33.2 Å². The zero-order valence-electron chi connectivity index (χ0n) is 17.0. The Bertz CT molecular complexity index is 1430. The molecular formula is C22H19N3O4S2. The molecule has 9 heteroatoms.